The number of hydrogen-bond acceptors (Lipinski definition) is 9. The third-order valence-corrected chi connectivity index (χ3v) is 1.51. The molecule has 0 amide bonds. The molecule has 0 radical (unpaired) electrons. The molecule has 0 aromatic carbocycles. The minimum atomic E-state index is -4.47. The molecule has 10 heteroatoms. The number of rotatable bonds is 5. The van der Waals surface area contributed by atoms with Crippen LogP contribution >= 0.6 is 0 Å². The Morgan fingerprint density at radius 1 is 0.750 bits per heavy atom. The standard InChI is InChI=1S/C6H14O6.La.3O/c7-1-3(9)5(11)6(12)4(10)2-8;;;;/h3-12H,1-2H2;;;;/t3-,4-,5-,6-;;;;/m1..../s1. The van der Waals surface area contributed by atoms with E-state index in [0.717, 1.165) is 0 Å². The first-order valence-electron chi connectivity index (χ1n) is 4.19. The minimum absolute atomic E-state index is 0.726. The summed E-state index contributed by atoms with van der Waals surface area (Å²) in [7, 11) is 0. The quantitative estimate of drug-likeness (QED) is 0.283. The van der Waals surface area contributed by atoms with Crippen LogP contribution in [0, 0.1) is 30.2 Å². The molecule has 0 aliphatic carbocycles. The maximum absolute atomic E-state index is 8.96. The molecule has 0 bridgehead atoms. The fourth-order valence-corrected chi connectivity index (χ4v) is 0.671. The molecule has 0 spiro atoms. The van der Waals surface area contributed by atoms with Gasteiger partial charge in [-0.05, 0) is 0 Å². The molecule has 0 saturated carbocycles. The molecule has 0 aromatic rings. The van der Waals surface area contributed by atoms with Crippen molar-refractivity contribution in [1.82, 2.24) is 0 Å². The number of hydrogen-bond donors (Lipinski definition) is 6. The fraction of sp³-hybridized carbons (Fsp3) is 1.00. The molecule has 0 aromatic heterocycles. The summed E-state index contributed by atoms with van der Waals surface area (Å²) in [6, 6.07) is 0. The van der Waals surface area contributed by atoms with Gasteiger partial charge in [0.15, 0.2) is 0 Å². The van der Waals surface area contributed by atoms with Gasteiger partial charge in [-0.3, -0.25) is 0 Å². The van der Waals surface area contributed by atoms with Crippen LogP contribution in [0.3, 0.4) is 0 Å². The van der Waals surface area contributed by atoms with Crippen LogP contribution in [0.25, 0.3) is 0 Å². The topological polar surface area (TPSA) is 173 Å². The SMILES string of the molecule is OC[C@@H](O)[C@@H](O)[C@H](O)[C@H](O)CO.[O]=[La](=[O])=[O]. The van der Waals surface area contributed by atoms with E-state index in [1.807, 2.05) is 0 Å². The zero-order valence-electron chi connectivity index (χ0n) is 8.21. The molecule has 0 aliphatic rings. The summed E-state index contributed by atoms with van der Waals surface area (Å²) in [6.45, 7) is -1.45. The van der Waals surface area contributed by atoms with Crippen molar-refractivity contribution in [3.05, 3.63) is 0 Å². The van der Waals surface area contributed by atoms with Crippen molar-refractivity contribution in [2.45, 2.75) is 24.4 Å². The summed E-state index contributed by atoms with van der Waals surface area (Å²) in [5, 5.41) is 52.2. The van der Waals surface area contributed by atoms with E-state index in [1.165, 1.54) is 0 Å². The van der Waals surface area contributed by atoms with E-state index in [2.05, 4.69) is 0 Å². The Labute approximate surface area is 103 Å². The normalized spacial score (nSPS) is 17.1. The molecule has 0 unspecified atom stereocenters. The maximum atomic E-state index is 8.96. The molecule has 16 heavy (non-hydrogen) atoms. The summed E-state index contributed by atoms with van der Waals surface area (Å²) in [5.74, 6) is 0. The monoisotopic (exact) mass is 369 g/mol. The molecular formula is C6H14LaO9. The number of aliphatic hydroxyl groups is 6. The molecule has 6 N–H and O–H groups in total. The summed E-state index contributed by atoms with van der Waals surface area (Å²) in [6.07, 6.45) is -6.39. The Hall–Kier alpha value is 0.355. The van der Waals surface area contributed by atoms with Crippen molar-refractivity contribution in [2.24, 2.45) is 0 Å². The van der Waals surface area contributed by atoms with E-state index < -0.39 is 67.9 Å². The van der Waals surface area contributed by atoms with Crippen molar-refractivity contribution in [3.8, 4) is 0 Å². The van der Waals surface area contributed by atoms with Crippen LogP contribution in [-0.4, -0.2) is 68.3 Å². The van der Waals surface area contributed by atoms with Crippen LogP contribution in [0.2, 0.25) is 0 Å². The summed E-state index contributed by atoms with van der Waals surface area (Å²) in [5.41, 5.74) is 0. The molecule has 0 saturated heterocycles. The first kappa shape index (κ1) is 18.7. The van der Waals surface area contributed by atoms with Crippen LogP contribution in [0.5, 0.6) is 0 Å². The second-order valence-corrected chi connectivity index (χ2v) is 4.58. The van der Waals surface area contributed by atoms with Gasteiger partial charge in [0.1, 0.15) is 24.4 Å². The van der Waals surface area contributed by atoms with Gasteiger partial charge < -0.3 is 30.6 Å². The van der Waals surface area contributed by atoms with Gasteiger partial charge in [-0.2, -0.15) is 0 Å². The Bertz CT molecular complexity index is 240. The Morgan fingerprint density at radius 2 is 0.938 bits per heavy atom. The van der Waals surface area contributed by atoms with E-state index in [4.69, 9.17) is 35.7 Å². The molecule has 0 heterocycles. The van der Waals surface area contributed by atoms with Gasteiger partial charge >= 0.3 is 35.3 Å². The van der Waals surface area contributed by atoms with E-state index in [9.17, 15) is 0 Å². The van der Waals surface area contributed by atoms with E-state index >= 15 is 0 Å². The molecule has 4 atom stereocenters. The van der Waals surface area contributed by atoms with Crippen LogP contribution in [-0.2, 0) is 5.09 Å². The Kier molecular flexibility index (Phi) is 12.3. The molecule has 0 rings (SSSR count). The van der Waals surface area contributed by atoms with Crippen molar-refractivity contribution in [3.63, 3.8) is 0 Å². The van der Waals surface area contributed by atoms with Crippen LogP contribution < -0.4 is 0 Å². The van der Waals surface area contributed by atoms with Gasteiger partial charge in [0.05, 0.1) is 13.2 Å². The van der Waals surface area contributed by atoms with Crippen molar-refractivity contribution in [1.29, 1.82) is 0 Å². The van der Waals surface area contributed by atoms with E-state index in [0.29, 0.717) is 0 Å². The van der Waals surface area contributed by atoms with Crippen molar-refractivity contribution < 1.29 is 66.0 Å². The zero-order valence-corrected chi connectivity index (χ0v) is 11.8. The molecule has 0 fully saturated rings. The average molecular weight is 369 g/mol. The second-order valence-electron chi connectivity index (χ2n) is 2.77. The Morgan fingerprint density at radius 3 is 1.06 bits per heavy atom. The molecule has 95 valence electrons. The van der Waals surface area contributed by atoms with Gasteiger partial charge in [0.2, 0.25) is 0 Å². The summed E-state index contributed by atoms with van der Waals surface area (Å²) >= 11 is -4.47. The van der Waals surface area contributed by atoms with E-state index in [-0.39, 0.29) is 0 Å². The first-order chi connectivity index (χ1) is 7.27. The van der Waals surface area contributed by atoms with Gasteiger partial charge in [-0.25, -0.2) is 0 Å². The summed E-state index contributed by atoms with van der Waals surface area (Å²) in [4.78, 5) is 0. The number of aliphatic hydroxyl groups excluding tert-OH is 6. The zero-order chi connectivity index (χ0) is 13.3. The van der Waals surface area contributed by atoms with Gasteiger partial charge in [0.25, 0.3) is 0 Å². The van der Waals surface area contributed by atoms with Crippen LogP contribution in [0.15, 0.2) is 0 Å². The predicted octanol–water partition coefficient (Wildman–Crippen LogP) is -3.94. The molecule has 9 nitrogen and oxygen atoms in total. The van der Waals surface area contributed by atoms with Gasteiger partial charge in [0, 0.05) is 0 Å². The third kappa shape index (κ3) is 9.57. The second kappa shape index (κ2) is 10.5. The van der Waals surface area contributed by atoms with Crippen LogP contribution in [0.1, 0.15) is 0 Å². The van der Waals surface area contributed by atoms with E-state index in [1.54, 1.807) is 0 Å². The Balaban J connectivity index is 0. The average Bonchev–Trinajstić information content (AvgIpc) is 2.24. The summed E-state index contributed by atoms with van der Waals surface area (Å²) < 4.78 is 25.9. The molecular weight excluding hydrogens is 355 g/mol. The predicted molar refractivity (Wildman–Crippen MR) is 40.3 cm³/mol. The van der Waals surface area contributed by atoms with Gasteiger partial charge in [-0.15, -0.1) is 0 Å². The van der Waals surface area contributed by atoms with Crippen LogP contribution in [0.4, 0.5) is 0 Å². The molecule has 0 aliphatic heterocycles. The first-order valence-corrected chi connectivity index (χ1v) is 8.63. The van der Waals surface area contributed by atoms with Crippen molar-refractivity contribution in [2.75, 3.05) is 13.2 Å². The van der Waals surface area contributed by atoms with Crippen molar-refractivity contribution >= 4 is 0 Å². The van der Waals surface area contributed by atoms with Gasteiger partial charge in [-0.1, -0.05) is 0 Å². The fourth-order valence-electron chi connectivity index (χ4n) is 0.671. The third-order valence-electron chi connectivity index (χ3n) is 1.51.